The Balaban J connectivity index is 1.84. The maximum Gasteiger partial charge on any atom is 0.216 e. The molecule has 0 unspecified atom stereocenters. The van der Waals surface area contributed by atoms with Crippen LogP contribution < -0.4 is 10.1 Å². The van der Waals surface area contributed by atoms with Crippen LogP contribution in [0.3, 0.4) is 0 Å². The first kappa shape index (κ1) is 16.5. The van der Waals surface area contributed by atoms with Gasteiger partial charge in [0.15, 0.2) is 0 Å². The van der Waals surface area contributed by atoms with Crippen LogP contribution >= 0.6 is 11.3 Å². The molecule has 0 aliphatic heterocycles. The molecule has 0 fully saturated rings. The summed E-state index contributed by atoms with van der Waals surface area (Å²) >= 11 is 1.64. The van der Waals surface area contributed by atoms with Crippen molar-refractivity contribution in [3.8, 4) is 16.5 Å². The highest BCUT2D eigenvalue weighted by Crippen LogP contribution is 2.27. The highest BCUT2D eigenvalue weighted by molar-refractivity contribution is 7.13. The number of methoxy groups -OCH3 is 1. The first-order chi connectivity index (χ1) is 11.6. The van der Waals surface area contributed by atoms with Crippen molar-refractivity contribution in [1.82, 2.24) is 19.6 Å². The van der Waals surface area contributed by atoms with Crippen LogP contribution in [0.15, 0.2) is 23.6 Å². The summed E-state index contributed by atoms with van der Waals surface area (Å²) in [5, 5.41) is 23.7. The molecule has 3 aromatic rings. The van der Waals surface area contributed by atoms with Gasteiger partial charge in [-0.05, 0) is 18.4 Å². The molecule has 2 N–H and O–H groups in total. The average molecular weight is 347 g/mol. The second kappa shape index (κ2) is 7.06. The highest BCUT2D eigenvalue weighted by atomic mass is 32.1. The predicted molar refractivity (Wildman–Crippen MR) is 94.4 cm³/mol. The lowest BCUT2D eigenvalue weighted by molar-refractivity contribution is 0.270. The van der Waals surface area contributed by atoms with Crippen LogP contribution in [0.1, 0.15) is 11.3 Å². The molecule has 0 aromatic carbocycles. The Morgan fingerprint density at radius 1 is 1.38 bits per heavy atom. The number of aryl methyl sites for hydroxylation is 2. The third-order valence-corrected chi connectivity index (χ3v) is 4.69. The fourth-order valence-electron chi connectivity index (χ4n) is 2.69. The molecule has 24 heavy (non-hydrogen) atoms. The minimum Gasteiger partial charge on any atom is -0.481 e. The Morgan fingerprint density at radius 3 is 2.88 bits per heavy atom. The summed E-state index contributed by atoms with van der Waals surface area (Å²) in [5.41, 5.74) is 2.83. The molecule has 7 nitrogen and oxygen atoms in total. The van der Waals surface area contributed by atoms with E-state index < -0.39 is 0 Å². The van der Waals surface area contributed by atoms with Crippen LogP contribution in [-0.2, 0) is 20.1 Å². The molecule has 0 aliphatic rings. The zero-order valence-corrected chi connectivity index (χ0v) is 14.8. The van der Waals surface area contributed by atoms with Crippen LogP contribution in [0.5, 0.6) is 5.88 Å². The van der Waals surface area contributed by atoms with Crippen LogP contribution in [0, 0.1) is 6.92 Å². The van der Waals surface area contributed by atoms with Crippen molar-refractivity contribution in [1.29, 1.82) is 0 Å². The van der Waals surface area contributed by atoms with Gasteiger partial charge < -0.3 is 15.2 Å². The molecule has 3 rings (SSSR count). The van der Waals surface area contributed by atoms with Crippen LogP contribution in [-0.4, -0.2) is 38.4 Å². The summed E-state index contributed by atoms with van der Waals surface area (Å²) in [6.07, 6.45) is 0. The van der Waals surface area contributed by atoms with Crippen molar-refractivity contribution in [2.45, 2.75) is 20.0 Å². The van der Waals surface area contributed by atoms with Gasteiger partial charge in [0.25, 0.3) is 0 Å². The van der Waals surface area contributed by atoms with E-state index >= 15 is 0 Å². The average Bonchev–Trinajstić information content (AvgIpc) is 3.25. The number of hydrogen-bond acceptors (Lipinski definition) is 6. The quantitative estimate of drug-likeness (QED) is 0.686. The molecular formula is C16H21N5O2S. The number of rotatable bonds is 7. The number of anilines is 1. The van der Waals surface area contributed by atoms with E-state index in [-0.39, 0.29) is 6.61 Å². The van der Waals surface area contributed by atoms with E-state index in [9.17, 15) is 5.11 Å². The fourth-order valence-corrected chi connectivity index (χ4v) is 3.37. The second-order valence-corrected chi connectivity index (χ2v) is 6.34. The van der Waals surface area contributed by atoms with Crippen LogP contribution in [0.4, 0.5) is 5.82 Å². The Hall–Kier alpha value is -2.32. The van der Waals surface area contributed by atoms with Gasteiger partial charge in [0, 0.05) is 19.7 Å². The minimum absolute atomic E-state index is 0.0372. The van der Waals surface area contributed by atoms with Gasteiger partial charge in [-0.25, -0.2) is 9.36 Å². The predicted octanol–water partition coefficient (Wildman–Crippen LogP) is 2.27. The molecule has 0 saturated heterocycles. The van der Waals surface area contributed by atoms with E-state index in [0.29, 0.717) is 13.1 Å². The van der Waals surface area contributed by atoms with Gasteiger partial charge >= 0.3 is 0 Å². The van der Waals surface area contributed by atoms with Crippen molar-refractivity contribution < 1.29 is 9.84 Å². The van der Waals surface area contributed by atoms with Gasteiger partial charge in [-0.1, -0.05) is 6.07 Å². The van der Waals surface area contributed by atoms with E-state index in [2.05, 4.69) is 15.5 Å². The normalized spacial score (nSPS) is 11.0. The number of ether oxygens (including phenoxy) is 1. The number of nitrogens with zero attached hydrogens (tertiary/aromatic N) is 4. The molecule has 3 aromatic heterocycles. The molecule has 0 aliphatic carbocycles. The Kier molecular flexibility index (Phi) is 4.86. The van der Waals surface area contributed by atoms with Gasteiger partial charge in [-0.3, -0.25) is 0 Å². The number of aliphatic hydroxyl groups is 1. The minimum atomic E-state index is 0.0372. The highest BCUT2D eigenvalue weighted by Gasteiger charge is 2.15. The van der Waals surface area contributed by atoms with Crippen molar-refractivity contribution >= 4 is 17.2 Å². The molecule has 0 radical (unpaired) electrons. The van der Waals surface area contributed by atoms with E-state index in [1.54, 1.807) is 27.8 Å². The van der Waals surface area contributed by atoms with Crippen molar-refractivity contribution in [2.75, 3.05) is 19.0 Å². The summed E-state index contributed by atoms with van der Waals surface area (Å²) in [5.74, 6) is 1.60. The maximum atomic E-state index is 9.28. The zero-order chi connectivity index (χ0) is 17.1. The molecule has 128 valence electrons. The number of hydrogen-bond donors (Lipinski definition) is 2. The van der Waals surface area contributed by atoms with Crippen LogP contribution in [0.2, 0.25) is 0 Å². The van der Waals surface area contributed by atoms with Gasteiger partial charge in [0.2, 0.25) is 5.88 Å². The number of aromatic nitrogens is 4. The molecule has 8 heteroatoms. The third kappa shape index (κ3) is 3.15. The summed E-state index contributed by atoms with van der Waals surface area (Å²) in [6, 6.07) is 6.04. The number of aliphatic hydroxyl groups excluding tert-OH is 1. The number of nitrogens with one attached hydrogen (secondary N) is 1. The molecule has 3 heterocycles. The van der Waals surface area contributed by atoms with E-state index in [4.69, 9.17) is 4.74 Å². The summed E-state index contributed by atoms with van der Waals surface area (Å²) in [4.78, 5) is 1.10. The summed E-state index contributed by atoms with van der Waals surface area (Å²) in [7, 11) is 3.51. The van der Waals surface area contributed by atoms with E-state index in [1.165, 1.54) is 0 Å². The van der Waals surface area contributed by atoms with E-state index in [1.807, 2.05) is 37.6 Å². The SMILES string of the molecule is COc1c(CNc2cc(-c3cccs3)nn2CCO)c(C)nn1C. The van der Waals surface area contributed by atoms with Gasteiger partial charge in [0.05, 0.1) is 36.4 Å². The zero-order valence-electron chi connectivity index (χ0n) is 14.0. The van der Waals surface area contributed by atoms with Crippen molar-refractivity contribution in [3.63, 3.8) is 0 Å². The lowest BCUT2D eigenvalue weighted by Crippen LogP contribution is -2.11. The van der Waals surface area contributed by atoms with Crippen molar-refractivity contribution in [3.05, 3.63) is 34.8 Å². The Morgan fingerprint density at radius 2 is 2.21 bits per heavy atom. The number of thiophene rings is 1. The Labute approximate surface area is 144 Å². The fraction of sp³-hybridized carbons (Fsp3) is 0.375. The standard InChI is InChI=1S/C16H21N5O2S/c1-11-12(16(23-3)20(2)18-11)10-17-15-9-13(14-5-4-8-24-14)19-21(15)6-7-22/h4-5,8-9,17,22H,6-7,10H2,1-3H3. The lowest BCUT2D eigenvalue weighted by Gasteiger charge is -2.09. The first-order valence-corrected chi connectivity index (χ1v) is 8.55. The second-order valence-electron chi connectivity index (χ2n) is 5.39. The van der Waals surface area contributed by atoms with Crippen molar-refractivity contribution in [2.24, 2.45) is 7.05 Å². The topological polar surface area (TPSA) is 77.1 Å². The molecular weight excluding hydrogens is 326 g/mol. The summed E-state index contributed by atoms with van der Waals surface area (Å²) < 4.78 is 8.94. The molecule has 0 atom stereocenters. The van der Waals surface area contributed by atoms with Gasteiger partial charge in [0.1, 0.15) is 11.5 Å². The maximum absolute atomic E-state index is 9.28. The van der Waals surface area contributed by atoms with Crippen LogP contribution in [0.25, 0.3) is 10.6 Å². The molecule has 0 bridgehead atoms. The van der Waals surface area contributed by atoms with Gasteiger partial charge in [-0.2, -0.15) is 10.2 Å². The first-order valence-electron chi connectivity index (χ1n) is 7.67. The smallest absolute Gasteiger partial charge is 0.216 e. The largest absolute Gasteiger partial charge is 0.481 e. The molecule has 0 amide bonds. The third-order valence-electron chi connectivity index (χ3n) is 3.79. The monoisotopic (exact) mass is 347 g/mol. The Bertz CT molecular complexity index is 807. The molecule has 0 spiro atoms. The summed E-state index contributed by atoms with van der Waals surface area (Å²) in [6.45, 7) is 3.01. The van der Waals surface area contributed by atoms with Gasteiger partial charge in [-0.15, -0.1) is 11.3 Å². The lowest BCUT2D eigenvalue weighted by atomic mass is 10.2. The molecule has 0 saturated carbocycles. The van der Waals surface area contributed by atoms with E-state index in [0.717, 1.165) is 33.5 Å².